The molecule has 0 unspecified atom stereocenters. The number of nitrogens with two attached hydrogens (primary N) is 1. The van der Waals surface area contributed by atoms with Gasteiger partial charge in [0.15, 0.2) is 0 Å². The summed E-state index contributed by atoms with van der Waals surface area (Å²) in [4.78, 5) is 11.9. The standard InChI is InChI=1S/C13H18BrN3O2/c1-9-5-6-10(11(14)8-9)13(18)16-7-3-2-4-12(15)17-19/h5-6,8,19H,2-4,7H2,1H3,(H2,15,17)(H,16,18). The van der Waals surface area contributed by atoms with Gasteiger partial charge in [0.1, 0.15) is 5.84 Å². The molecule has 0 aromatic heterocycles. The first-order valence-corrected chi connectivity index (χ1v) is 6.84. The van der Waals surface area contributed by atoms with Gasteiger partial charge >= 0.3 is 0 Å². The van der Waals surface area contributed by atoms with E-state index in [0.717, 1.165) is 22.9 Å². The van der Waals surface area contributed by atoms with Crippen LogP contribution in [-0.4, -0.2) is 23.5 Å². The molecule has 0 spiro atoms. The van der Waals surface area contributed by atoms with Crippen LogP contribution in [-0.2, 0) is 0 Å². The van der Waals surface area contributed by atoms with E-state index >= 15 is 0 Å². The lowest BCUT2D eigenvalue weighted by molar-refractivity contribution is 0.0952. The van der Waals surface area contributed by atoms with Crippen molar-refractivity contribution in [3.8, 4) is 0 Å². The summed E-state index contributed by atoms with van der Waals surface area (Å²) in [6, 6.07) is 5.61. The molecule has 1 rings (SSSR count). The second-order valence-corrected chi connectivity index (χ2v) is 5.14. The number of amides is 1. The third-order valence-electron chi connectivity index (χ3n) is 2.64. The number of oxime groups is 1. The van der Waals surface area contributed by atoms with Crippen molar-refractivity contribution in [2.75, 3.05) is 6.54 Å². The summed E-state index contributed by atoms with van der Waals surface area (Å²) in [5, 5.41) is 14.1. The molecular formula is C13H18BrN3O2. The lowest BCUT2D eigenvalue weighted by Crippen LogP contribution is -2.25. The highest BCUT2D eigenvalue weighted by molar-refractivity contribution is 9.10. The van der Waals surface area contributed by atoms with Gasteiger partial charge in [-0.15, -0.1) is 0 Å². The number of carbonyl (C=O) groups is 1. The maximum absolute atomic E-state index is 11.9. The van der Waals surface area contributed by atoms with Gasteiger partial charge in [-0.2, -0.15) is 0 Å². The van der Waals surface area contributed by atoms with Crippen molar-refractivity contribution >= 4 is 27.7 Å². The molecule has 1 amide bonds. The van der Waals surface area contributed by atoms with Crippen LogP contribution in [0, 0.1) is 6.92 Å². The number of aryl methyl sites for hydroxylation is 1. The number of nitrogens with zero attached hydrogens (tertiary/aromatic N) is 1. The van der Waals surface area contributed by atoms with Crippen LogP contribution >= 0.6 is 15.9 Å². The van der Waals surface area contributed by atoms with Crippen LogP contribution in [0.25, 0.3) is 0 Å². The highest BCUT2D eigenvalue weighted by Crippen LogP contribution is 2.18. The molecule has 19 heavy (non-hydrogen) atoms. The molecule has 0 radical (unpaired) electrons. The molecule has 1 aromatic rings. The third-order valence-corrected chi connectivity index (χ3v) is 3.30. The van der Waals surface area contributed by atoms with Gasteiger partial charge < -0.3 is 16.3 Å². The predicted octanol–water partition coefficient (Wildman–Crippen LogP) is 2.40. The molecule has 0 saturated heterocycles. The summed E-state index contributed by atoms with van der Waals surface area (Å²) in [7, 11) is 0. The van der Waals surface area contributed by atoms with Crippen LogP contribution in [0.4, 0.5) is 0 Å². The van der Waals surface area contributed by atoms with E-state index in [2.05, 4.69) is 26.4 Å². The first kappa shape index (κ1) is 15.5. The number of halogens is 1. The molecule has 0 fully saturated rings. The Hall–Kier alpha value is -1.56. The number of rotatable bonds is 6. The Labute approximate surface area is 121 Å². The van der Waals surface area contributed by atoms with Gasteiger partial charge in [-0.05, 0) is 53.4 Å². The van der Waals surface area contributed by atoms with Gasteiger partial charge in [-0.3, -0.25) is 4.79 Å². The van der Waals surface area contributed by atoms with Gasteiger partial charge in [0.25, 0.3) is 5.91 Å². The van der Waals surface area contributed by atoms with E-state index in [1.165, 1.54) is 0 Å². The van der Waals surface area contributed by atoms with Crippen LogP contribution in [0.1, 0.15) is 35.2 Å². The minimum absolute atomic E-state index is 0.101. The van der Waals surface area contributed by atoms with E-state index < -0.39 is 0 Å². The van der Waals surface area contributed by atoms with Crippen molar-refractivity contribution in [3.63, 3.8) is 0 Å². The van der Waals surface area contributed by atoms with E-state index in [4.69, 9.17) is 10.9 Å². The molecule has 0 aliphatic rings. The molecule has 0 bridgehead atoms. The Morgan fingerprint density at radius 2 is 2.21 bits per heavy atom. The highest BCUT2D eigenvalue weighted by atomic mass is 79.9. The number of unbranched alkanes of at least 4 members (excludes halogenated alkanes) is 1. The summed E-state index contributed by atoms with van der Waals surface area (Å²) >= 11 is 3.38. The minimum atomic E-state index is -0.101. The average molecular weight is 328 g/mol. The lowest BCUT2D eigenvalue weighted by atomic mass is 10.1. The lowest BCUT2D eigenvalue weighted by Gasteiger charge is -2.07. The molecular weight excluding hydrogens is 310 g/mol. The number of hydrogen-bond donors (Lipinski definition) is 3. The summed E-state index contributed by atoms with van der Waals surface area (Å²) in [5.74, 6) is 0.114. The largest absolute Gasteiger partial charge is 0.409 e. The minimum Gasteiger partial charge on any atom is -0.409 e. The maximum atomic E-state index is 11.9. The molecule has 6 heteroatoms. The Bertz CT molecular complexity index is 475. The van der Waals surface area contributed by atoms with E-state index in [-0.39, 0.29) is 11.7 Å². The van der Waals surface area contributed by atoms with Gasteiger partial charge in [-0.25, -0.2) is 0 Å². The van der Waals surface area contributed by atoms with E-state index in [0.29, 0.717) is 18.5 Å². The van der Waals surface area contributed by atoms with Crippen LogP contribution in [0.15, 0.2) is 27.8 Å². The molecule has 5 nitrogen and oxygen atoms in total. The quantitative estimate of drug-likeness (QED) is 0.246. The number of hydrogen-bond acceptors (Lipinski definition) is 3. The topological polar surface area (TPSA) is 87.7 Å². The Balaban J connectivity index is 2.35. The molecule has 0 heterocycles. The van der Waals surface area contributed by atoms with E-state index in [1.807, 2.05) is 19.1 Å². The first-order chi connectivity index (χ1) is 9.04. The van der Waals surface area contributed by atoms with E-state index in [1.54, 1.807) is 6.07 Å². The zero-order valence-electron chi connectivity index (χ0n) is 10.8. The zero-order chi connectivity index (χ0) is 14.3. The van der Waals surface area contributed by atoms with Crippen molar-refractivity contribution in [1.82, 2.24) is 5.32 Å². The smallest absolute Gasteiger partial charge is 0.252 e. The van der Waals surface area contributed by atoms with Crippen LogP contribution in [0.3, 0.4) is 0 Å². The summed E-state index contributed by atoms with van der Waals surface area (Å²) in [5.41, 5.74) is 7.07. The Morgan fingerprint density at radius 3 is 2.84 bits per heavy atom. The van der Waals surface area contributed by atoms with Crippen molar-refractivity contribution in [2.24, 2.45) is 10.9 Å². The molecule has 4 N–H and O–H groups in total. The molecule has 0 saturated carbocycles. The van der Waals surface area contributed by atoms with Gasteiger partial charge in [0.05, 0.1) is 5.56 Å². The van der Waals surface area contributed by atoms with Gasteiger partial charge in [-0.1, -0.05) is 11.2 Å². The second-order valence-electron chi connectivity index (χ2n) is 4.29. The van der Waals surface area contributed by atoms with Gasteiger partial charge in [0, 0.05) is 17.4 Å². The average Bonchev–Trinajstić information content (AvgIpc) is 2.37. The summed E-state index contributed by atoms with van der Waals surface area (Å²) < 4.78 is 0.793. The van der Waals surface area contributed by atoms with Crippen molar-refractivity contribution in [2.45, 2.75) is 26.2 Å². The Morgan fingerprint density at radius 1 is 1.47 bits per heavy atom. The Kier molecular flexibility index (Phi) is 6.35. The normalized spacial score (nSPS) is 11.4. The SMILES string of the molecule is Cc1ccc(C(=O)NCCCC/C(N)=N/O)c(Br)c1. The summed E-state index contributed by atoms with van der Waals surface area (Å²) in [6.45, 7) is 2.54. The monoisotopic (exact) mass is 327 g/mol. The van der Waals surface area contributed by atoms with Crippen molar-refractivity contribution in [1.29, 1.82) is 0 Å². The number of carbonyl (C=O) groups excluding carboxylic acids is 1. The van der Waals surface area contributed by atoms with Crippen molar-refractivity contribution < 1.29 is 10.0 Å². The first-order valence-electron chi connectivity index (χ1n) is 6.05. The van der Waals surface area contributed by atoms with Crippen molar-refractivity contribution in [3.05, 3.63) is 33.8 Å². The number of amidine groups is 1. The molecule has 0 aliphatic heterocycles. The highest BCUT2D eigenvalue weighted by Gasteiger charge is 2.08. The predicted molar refractivity (Wildman–Crippen MR) is 78.5 cm³/mol. The van der Waals surface area contributed by atoms with Crippen LogP contribution in [0.2, 0.25) is 0 Å². The fourth-order valence-electron chi connectivity index (χ4n) is 1.58. The van der Waals surface area contributed by atoms with Crippen LogP contribution in [0.5, 0.6) is 0 Å². The molecule has 1 aromatic carbocycles. The molecule has 0 aliphatic carbocycles. The fourth-order valence-corrected chi connectivity index (χ4v) is 2.26. The second kappa shape index (κ2) is 7.78. The zero-order valence-corrected chi connectivity index (χ0v) is 12.4. The number of nitrogens with one attached hydrogen (secondary N) is 1. The van der Waals surface area contributed by atoms with E-state index in [9.17, 15) is 4.79 Å². The fraction of sp³-hybridized carbons (Fsp3) is 0.385. The number of benzene rings is 1. The summed E-state index contributed by atoms with van der Waals surface area (Å²) in [6.07, 6.45) is 2.08. The third kappa shape index (κ3) is 5.30. The maximum Gasteiger partial charge on any atom is 0.252 e. The van der Waals surface area contributed by atoms with Gasteiger partial charge in [0.2, 0.25) is 0 Å². The molecule has 0 atom stereocenters. The molecule has 104 valence electrons. The van der Waals surface area contributed by atoms with Crippen LogP contribution < -0.4 is 11.1 Å².